The van der Waals surface area contributed by atoms with Crippen LogP contribution in [-0.4, -0.2) is 33.3 Å². The lowest BCUT2D eigenvalue weighted by Crippen LogP contribution is -1.96. The normalized spacial score (nSPS) is 11.2. The molecule has 0 bridgehead atoms. The molecule has 0 spiro atoms. The molecule has 0 aliphatic heterocycles. The van der Waals surface area contributed by atoms with Crippen LogP contribution in [0.1, 0.15) is 5.56 Å². The molecule has 6 nitrogen and oxygen atoms in total. The van der Waals surface area contributed by atoms with Gasteiger partial charge in [0.25, 0.3) is 0 Å². The molecule has 25 heavy (non-hydrogen) atoms. The average molecular weight is 484 g/mol. The Bertz CT molecular complexity index is 999. The number of benzene rings is 2. The molecule has 0 saturated heterocycles. The van der Waals surface area contributed by atoms with Gasteiger partial charge in [0.15, 0.2) is 11.6 Å². The number of phenolic OH excluding ortho intramolecular Hbond substituents is 1. The smallest absolute Gasteiger partial charge is 0.216 e. The third-order valence-electron chi connectivity index (χ3n) is 3.38. The summed E-state index contributed by atoms with van der Waals surface area (Å²) in [4.78, 5) is 0. The summed E-state index contributed by atoms with van der Waals surface area (Å²) in [7, 11) is 1.52. The van der Waals surface area contributed by atoms with E-state index in [-0.39, 0.29) is 5.75 Å². The zero-order chi connectivity index (χ0) is 18.0. The first-order valence-electron chi connectivity index (χ1n) is 7.05. The number of methoxy groups -OCH3 is 1. The predicted octanol–water partition coefficient (Wildman–Crippen LogP) is 4.73. The Balaban J connectivity index is 2.05. The molecule has 9 heteroatoms. The first-order valence-corrected chi connectivity index (χ1v) is 9.04. The van der Waals surface area contributed by atoms with Crippen LogP contribution in [-0.2, 0) is 0 Å². The second-order valence-corrected chi connectivity index (χ2v) is 6.95. The first kappa shape index (κ1) is 17.8. The Morgan fingerprint density at radius 3 is 2.72 bits per heavy atom. The van der Waals surface area contributed by atoms with Crippen molar-refractivity contribution in [1.82, 2.24) is 14.9 Å². The Hall–Kier alpha value is -1.97. The van der Waals surface area contributed by atoms with Crippen LogP contribution < -0.4 is 4.74 Å². The zero-order valence-corrected chi connectivity index (χ0v) is 16.9. The highest BCUT2D eigenvalue weighted by molar-refractivity contribution is 9.11. The quantitative estimate of drug-likeness (QED) is 0.415. The highest BCUT2D eigenvalue weighted by Crippen LogP contribution is 2.41. The molecule has 0 aliphatic rings. The van der Waals surface area contributed by atoms with Crippen molar-refractivity contribution >= 4 is 50.3 Å². The van der Waals surface area contributed by atoms with Crippen LogP contribution in [0.3, 0.4) is 0 Å². The summed E-state index contributed by atoms with van der Waals surface area (Å²) in [6.45, 7) is 0. The molecule has 0 saturated carbocycles. The van der Waals surface area contributed by atoms with E-state index in [1.165, 1.54) is 18.0 Å². The molecule has 2 N–H and O–H groups in total. The van der Waals surface area contributed by atoms with Crippen LogP contribution in [0.15, 0.2) is 50.4 Å². The number of aromatic amines is 1. The van der Waals surface area contributed by atoms with Gasteiger partial charge in [-0.2, -0.15) is 14.9 Å². The van der Waals surface area contributed by atoms with Gasteiger partial charge in [-0.1, -0.05) is 30.3 Å². The van der Waals surface area contributed by atoms with Crippen LogP contribution in [0.5, 0.6) is 11.5 Å². The van der Waals surface area contributed by atoms with E-state index in [9.17, 15) is 5.11 Å². The Morgan fingerprint density at radius 2 is 2.04 bits per heavy atom. The summed E-state index contributed by atoms with van der Waals surface area (Å²) in [5.41, 5.74) is 1.36. The Morgan fingerprint density at radius 1 is 1.32 bits per heavy atom. The molecule has 0 fully saturated rings. The summed E-state index contributed by atoms with van der Waals surface area (Å²) in [6, 6.07) is 11.3. The fourth-order valence-corrected chi connectivity index (χ4v) is 3.84. The number of halogens is 2. The number of nitrogens with one attached hydrogen (secondary N) is 1. The zero-order valence-electron chi connectivity index (χ0n) is 12.9. The Labute approximate surface area is 165 Å². The number of ether oxygens (including phenoxy) is 1. The maximum Gasteiger partial charge on any atom is 0.216 e. The second-order valence-electron chi connectivity index (χ2n) is 4.92. The highest BCUT2D eigenvalue weighted by Gasteiger charge is 2.15. The third kappa shape index (κ3) is 3.53. The van der Waals surface area contributed by atoms with Crippen molar-refractivity contribution in [3.63, 3.8) is 0 Å². The molecule has 1 aromatic heterocycles. The fourth-order valence-electron chi connectivity index (χ4n) is 2.19. The number of H-pyrrole nitrogens is 1. The minimum absolute atomic E-state index is 0.0140. The van der Waals surface area contributed by atoms with E-state index >= 15 is 0 Å². The average Bonchev–Trinajstić information content (AvgIpc) is 2.99. The second kappa shape index (κ2) is 7.51. The van der Waals surface area contributed by atoms with E-state index in [1.807, 2.05) is 30.3 Å². The third-order valence-corrected chi connectivity index (χ3v) is 4.97. The van der Waals surface area contributed by atoms with Gasteiger partial charge in [-0.15, -0.1) is 0 Å². The van der Waals surface area contributed by atoms with Crippen molar-refractivity contribution in [2.75, 3.05) is 7.11 Å². The topological polar surface area (TPSA) is 75.4 Å². The molecular weight excluding hydrogens is 472 g/mol. The van der Waals surface area contributed by atoms with Gasteiger partial charge < -0.3 is 9.84 Å². The maximum absolute atomic E-state index is 10.3. The highest BCUT2D eigenvalue weighted by atomic mass is 79.9. The van der Waals surface area contributed by atoms with E-state index in [0.717, 1.165) is 5.56 Å². The van der Waals surface area contributed by atoms with E-state index in [0.29, 0.717) is 30.9 Å². The van der Waals surface area contributed by atoms with Crippen LogP contribution in [0.2, 0.25) is 0 Å². The largest absolute Gasteiger partial charge is 0.506 e. The summed E-state index contributed by atoms with van der Waals surface area (Å²) in [5.74, 6) is 1.09. The van der Waals surface area contributed by atoms with Gasteiger partial charge >= 0.3 is 0 Å². The van der Waals surface area contributed by atoms with E-state index in [4.69, 9.17) is 17.0 Å². The van der Waals surface area contributed by atoms with E-state index < -0.39 is 0 Å². The number of aromatic nitrogens is 3. The molecule has 3 aromatic rings. The van der Waals surface area contributed by atoms with Gasteiger partial charge in [0.1, 0.15) is 10.2 Å². The van der Waals surface area contributed by atoms with Crippen molar-refractivity contribution in [3.05, 3.63) is 55.7 Å². The molecular formula is C16H12Br2N4O2S. The van der Waals surface area contributed by atoms with Crippen molar-refractivity contribution in [2.24, 2.45) is 5.10 Å². The van der Waals surface area contributed by atoms with Crippen molar-refractivity contribution in [2.45, 2.75) is 0 Å². The van der Waals surface area contributed by atoms with Gasteiger partial charge in [0, 0.05) is 11.1 Å². The molecule has 0 aliphatic carbocycles. The molecule has 0 unspecified atom stereocenters. The van der Waals surface area contributed by atoms with Crippen molar-refractivity contribution in [3.8, 4) is 22.9 Å². The lowest BCUT2D eigenvalue weighted by Gasteiger charge is -2.10. The number of nitrogens with zero attached hydrogens (tertiary/aromatic N) is 3. The Kier molecular flexibility index (Phi) is 5.36. The maximum atomic E-state index is 10.3. The summed E-state index contributed by atoms with van der Waals surface area (Å²) in [5, 5.41) is 21.6. The number of hydrogen-bond acceptors (Lipinski definition) is 5. The number of rotatable bonds is 4. The summed E-state index contributed by atoms with van der Waals surface area (Å²) in [6.07, 6.45) is 1.50. The van der Waals surface area contributed by atoms with Gasteiger partial charge in [-0.3, -0.25) is 0 Å². The molecule has 0 radical (unpaired) electrons. The fraction of sp³-hybridized carbons (Fsp3) is 0.0625. The predicted molar refractivity (Wildman–Crippen MR) is 106 cm³/mol. The van der Waals surface area contributed by atoms with E-state index in [1.54, 1.807) is 6.07 Å². The first-order chi connectivity index (χ1) is 12.0. The summed E-state index contributed by atoms with van der Waals surface area (Å²) < 4.78 is 8.18. The van der Waals surface area contributed by atoms with Crippen LogP contribution in [0, 0.1) is 4.77 Å². The van der Waals surface area contributed by atoms with Gasteiger partial charge in [-0.25, -0.2) is 5.10 Å². The molecule has 3 rings (SSSR count). The minimum atomic E-state index is 0.0140. The summed E-state index contributed by atoms with van der Waals surface area (Å²) >= 11 is 12.0. The van der Waals surface area contributed by atoms with Crippen LogP contribution in [0.25, 0.3) is 11.4 Å². The minimum Gasteiger partial charge on any atom is -0.506 e. The molecule has 1 heterocycles. The molecule has 0 atom stereocenters. The molecule has 0 amide bonds. The number of hydrogen-bond donors (Lipinski definition) is 2. The number of phenols is 1. The lowest BCUT2D eigenvalue weighted by atomic mass is 10.2. The van der Waals surface area contributed by atoms with Gasteiger partial charge in [0.2, 0.25) is 4.77 Å². The van der Waals surface area contributed by atoms with Crippen molar-refractivity contribution < 1.29 is 9.84 Å². The number of aromatic hydroxyl groups is 1. The van der Waals surface area contributed by atoms with E-state index in [2.05, 4.69) is 47.2 Å². The standard InChI is InChI=1S/C16H12Br2N4O2S/c1-24-14-11(17)7-10(13(23)12(14)18)8-19-22-15(20-21-16(22)25)9-5-3-2-4-6-9/h2-8,23H,1H3,(H,21,25)/b19-8-. The van der Waals surface area contributed by atoms with Gasteiger partial charge in [-0.05, 0) is 50.1 Å². The van der Waals surface area contributed by atoms with Crippen molar-refractivity contribution in [1.29, 1.82) is 0 Å². The van der Waals surface area contributed by atoms with Gasteiger partial charge in [0.05, 0.1) is 17.8 Å². The molecule has 128 valence electrons. The lowest BCUT2D eigenvalue weighted by molar-refractivity contribution is 0.400. The SMILES string of the molecule is COc1c(Br)cc(/C=N\n2c(-c3ccccc3)n[nH]c2=S)c(O)c1Br. The molecule has 2 aromatic carbocycles. The van der Waals surface area contributed by atoms with Crippen LogP contribution in [0.4, 0.5) is 0 Å². The van der Waals surface area contributed by atoms with Crippen LogP contribution >= 0.6 is 44.1 Å². The monoisotopic (exact) mass is 482 g/mol.